The first-order chi connectivity index (χ1) is 14.0. The van der Waals surface area contributed by atoms with Crippen LogP contribution in [0.2, 0.25) is 10.0 Å². The van der Waals surface area contributed by atoms with Gasteiger partial charge >= 0.3 is 0 Å². The van der Waals surface area contributed by atoms with Gasteiger partial charge in [-0.2, -0.15) is 0 Å². The molecular formula is C25H17Cl2NO. The Morgan fingerprint density at radius 3 is 2.41 bits per heavy atom. The number of carbonyl (C=O) groups is 1. The number of aromatic nitrogens is 1. The second-order valence-electron chi connectivity index (χ2n) is 6.69. The van der Waals surface area contributed by atoms with Crippen LogP contribution in [0, 0.1) is 6.92 Å². The van der Waals surface area contributed by atoms with Gasteiger partial charge in [0.1, 0.15) is 0 Å². The number of carbonyl (C=O) groups excluding carboxylic acids is 1. The first-order valence-electron chi connectivity index (χ1n) is 9.17. The monoisotopic (exact) mass is 417 g/mol. The van der Waals surface area contributed by atoms with Crippen molar-refractivity contribution in [2.45, 2.75) is 6.92 Å². The van der Waals surface area contributed by atoms with Gasteiger partial charge in [0.05, 0.1) is 11.1 Å². The van der Waals surface area contributed by atoms with Gasteiger partial charge in [0.25, 0.3) is 0 Å². The number of aryl methyl sites for hydroxylation is 1. The topological polar surface area (TPSA) is 30.0 Å². The number of pyridine rings is 1. The normalized spacial score (nSPS) is 11.3. The van der Waals surface area contributed by atoms with E-state index in [0.29, 0.717) is 21.3 Å². The minimum Gasteiger partial charge on any atom is -0.289 e. The highest BCUT2D eigenvalue weighted by Gasteiger charge is 2.18. The van der Waals surface area contributed by atoms with Crippen molar-refractivity contribution >= 4 is 46.0 Å². The molecule has 0 bridgehead atoms. The second-order valence-corrected chi connectivity index (χ2v) is 7.54. The highest BCUT2D eigenvalue weighted by molar-refractivity contribution is 6.35. The third-order valence-electron chi connectivity index (χ3n) is 4.76. The van der Waals surface area contributed by atoms with Gasteiger partial charge in [-0.25, -0.2) is 0 Å². The molecule has 0 N–H and O–H groups in total. The van der Waals surface area contributed by atoms with Crippen LogP contribution in [-0.2, 0) is 0 Å². The van der Waals surface area contributed by atoms with Crippen LogP contribution in [0.3, 0.4) is 0 Å². The molecule has 2 nitrogen and oxygen atoms in total. The molecule has 0 saturated heterocycles. The number of fused-ring (bicyclic) bond motifs is 1. The van der Waals surface area contributed by atoms with Crippen LogP contribution < -0.4 is 0 Å². The van der Waals surface area contributed by atoms with Gasteiger partial charge in [0.2, 0.25) is 0 Å². The average Bonchev–Trinajstić information content (AvgIpc) is 2.72. The molecule has 0 aliphatic heterocycles. The van der Waals surface area contributed by atoms with Crippen LogP contribution in [0.4, 0.5) is 0 Å². The number of ketones is 1. The fourth-order valence-electron chi connectivity index (χ4n) is 3.43. The summed E-state index contributed by atoms with van der Waals surface area (Å²) in [6.07, 6.45) is 3.25. The summed E-state index contributed by atoms with van der Waals surface area (Å²) in [6, 6.07) is 23.0. The van der Waals surface area contributed by atoms with Crippen molar-refractivity contribution in [1.29, 1.82) is 0 Å². The van der Waals surface area contributed by atoms with E-state index in [2.05, 4.69) is 4.98 Å². The zero-order valence-electron chi connectivity index (χ0n) is 15.7. The Hall–Kier alpha value is -2.94. The fourth-order valence-corrected chi connectivity index (χ4v) is 3.90. The fraction of sp³-hybridized carbons (Fsp3) is 0.0400. The summed E-state index contributed by atoms with van der Waals surface area (Å²) in [5.74, 6) is -0.120. The molecule has 0 spiro atoms. The Kier molecular flexibility index (Phi) is 5.48. The van der Waals surface area contributed by atoms with Crippen molar-refractivity contribution in [2.24, 2.45) is 0 Å². The van der Waals surface area contributed by atoms with Crippen LogP contribution in [0.1, 0.15) is 21.6 Å². The molecule has 3 aromatic carbocycles. The van der Waals surface area contributed by atoms with Crippen molar-refractivity contribution in [3.8, 4) is 11.1 Å². The van der Waals surface area contributed by atoms with E-state index in [4.69, 9.17) is 23.2 Å². The number of halogens is 2. The lowest BCUT2D eigenvalue weighted by Crippen LogP contribution is -2.05. The van der Waals surface area contributed by atoms with Crippen LogP contribution in [-0.4, -0.2) is 10.8 Å². The van der Waals surface area contributed by atoms with E-state index in [-0.39, 0.29) is 5.78 Å². The maximum atomic E-state index is 13.3. The number of hydrogen-bond acceptors (Lipinski definition) is 2. The molecule has 0 aliphatic rings. The minimum absolute atomic E-state index is 0.120. The molecule has 0 amide bonds. The number of nitrogens with zero attached hydrogens (tertiary/aromatic N) is 1. The van der Waals surface area contributed by atoms with Gasteiger partial charge in [-0.15, -0.1) is 0 Å². The highest BCUT2D eigenvalue weighted by atomic mass is 35.5. The Morgan fingerprint density at radius 1 is 0.931 bits per heavy atom. The summed E-state index contributed by atoms with van der Waals surface area (Å²) >= 11 is 12.2. The molecule has 0 aliphatic carbocycles. The minimum atomic E-state index is -0.120. The molecule has 0 radical (unpaired) electrons. The predicted octanol–water partition coefficient (Wildman–Crippen LogP) is 7.41. The lowest BCUT2D eigenvalue weighted by Gasteiger charge is -2.14. The van der Waals surface area contributed by atoms with Gasteiger partial charge in [0.15, 0.2) is 5.78 Å². The molecule has 1 aromatic heterocycles. The van der Waals surface area contributed by atoms with Gasteiger partial charge in [-0.3, -0.25) is 9.78 Å². The van der Waals surface area contributed by atoms with Gasteiger partial charge < -0.3 is 0 Å². The van der Waals surface area contributed by atoms with E-state index in [0.717, 1.165) is 27.6 Å². The molecule has 142 valence electrons. The van der Waals surface area contributed by atoms with E-state index in [9.17, 15) is 4.79 Å². The summed E-state index contributed by atoms with van der Waals surface area (Å²) in [5, 5.41) is 2.00. The molecular weight excluding hydrogens is 401 g/mol. The van der Waals surface area contributed by atoms with Crippen molar-refractivity contribution in [1.82, 2.24) is 4.98 Å². The summed E-state index contributed by atoms with van der Waals surface area (Å²) in [5.41, 5.74) is 4.76. The van der Waals surface area contributed by atoms with Crippen LogP contribution in [0.25, 0.3) is 28.1 Å². The zero-order chi connectivity index (χ0) is 20.4. The summed E-state index contributed by atoms with van der Waals surface area (Å²) < 4.78 is 0. The molecule has 4 heteroatoms. The lowest BCUT2D eigenvalue weighted by molar-refractivity contribution is 0.104. The molecule has 0 fully saturated rings. The Bertz CT molecular complexity index is 1250. The summed E-state index contributed by atoms with van der Waals surface area (Å²) in [6.45, 7) is 1.87. The standard InChI is InChI=1S/C25H17Cl2NO/c1-16-24(23(29)14-12-17-11-13-19(26)15-21(17)27)25(18-7-3-2-4-8-18)20-9-5-6-10-22(20)28-16/h2-15H,1H3/b14-12+. The average molecular weight is 418 g/mol. The Balaban J connectivity index is 1.87. The van der Waals surface area contributed by atoms with Crippen LogP contribution in [0.5, 0.6) is 0 Å². The molecule has 29 heavy (non-hydrogen) atoms. The van der Waals surface area contributed by atoms with E-state index < -0.39 is 0 Å². The molecule has 4 rings (SSSR count). The largest absolute Gasteiger partial charge is 0.289 e. The molecule has 1 heterocycles. The number of hydrogen-bond donors (Lipinski definition) is 0. The molecule has 0 unspecified atom stereocenters. The third-order valence-corrected chi connectivity index (χ3v) is 5.32. The Labute approximate surface area is 179 Å². The van der Waals surface area contributed by atoms with Crippen LogP contribution >= 0.6 is 23.2 Å². The summed E-state index contributed by atoms with van der Waals surface area (Å²) in [4.78, 5) is 17.9. The van der Waals surface area contributed by atoms with Crippen molar-refractivity contribution in [3.63, 3.8) is 0 Å². The second kappa shape index (κ2) is 8.20. The molecule has 0 atom stereocenters. The van der Waals surface area contributed by atoms with Gasteiger partial charge in [0, 0.05) is 26.7 Å². The highest BCUT2D eigenvalue weighted by Crippen LogP contribution is 2.33. The van der Waals surface area contributed by atoms with E-state index in [1.54, 1.807) is 30.4 Å². The van der Waals surface area contributed by atoms with E-state index in [1.165, 1.54) is 0 Å². The smallest absolute Gasteiger partial charge is 0.188 e. The van der Waals surface area contributed by atoms with Gasteiger partial charge in [-0.1, -0.05) is 77.8 Å². The predicted molar refractivity (Wildman–Crippen MR) is 122 cm³/mol. The van der Waals surface area contributed by atoms with E-state index in [1.807, 2.05) is 61.5 Å². The number of allylic oxidation sites excluding steroid dienone is 1. The van der Waals surface area contributed by atoms with Crippen molar-refractivity contribution < 1.29 is 4.79 Å². The first kappa shape index (κ1) is 19.4. The maximum absolute atomic E-state index is 13.3. The number of para-hydroxylation sites is 1. The molecule has 4 aromatic rings. The zero-order valence-corrected chi connectivity index (χ0v) is 17.2. The quantitative estimate of drug-likeness (QED) is 0.255. The Morgan fingerprint density at radius 2 is 1.66 bits per heavy atom. The number of rotatable bonds is 4. The van der Waals surface area contributed by atoms with Crippen molar-refractivity contribution in [2.75, 3.05) is 0 Å². The SMILES string of the molecule is Cc1nc2ccccc2c(-c2ccccc2)c1C(=O)/C=C/c1ccc(Cl)cc1Cl. The van der Waals surface area contributed by atoms with Crippen LogP contribution in [0.15, 0.2) is 78.9 Å². The maximum Gasteiger partial charge on any atom is 0.188 e. The van der Waals surface area contributed by atoms with Crippen molar-refractivity contribution in [3.05, 3.63) is 106 Å². The lowest BCUT2D eigenvalue weighted by atomic mass is 9.92. The molecule has 0 saturated carbocycles. The van der Waals surface area contributed by atoms with Gasteiger partial charge in [-0.05, 0) is 48.4 Å². The summed E-state index contributed by atoms with van der Waals surface area (Å²) in [7, 11) is 0. The first-order valence-corrected chi connectivity index (χ1v) is 9.92. The van der Waals surface area contributed by atoms with E-state index >= 15 is 0 Å². The number of benzene rings is 3. The third kappa shape index (κ3) is 3.95.